The molecule has 0 aliphatic carbocycles. The van der Waals surface area contributed by atoms with Gasteiger partial charge < -0.3 is 14.4 Å². The number of amides is 1. The second kappa shape index (κ2) is 10.9. The lowest BCUT2D eigenvalue weighted by molar-refractivity contribution is -0.122. The molecule has 37 heavy (non-hydrogen) atoms. The van der Waals surface area contributed by atoms with E-state index in [1.165, 1.54) is 48.8 Å². The Labute approximate surface area is 224 Å². The molecule has 0 radical (unpaired) electrons. The summed E-state index contributed by atoms with van der Waals surface area (Å²) in [4.78, 5) is 33.8. The molecule has 2 aliphatic rings. The number of piperidine rings is 1. The molecule has 0 unspecified atom stereocenters. The van der Waals surface area contributed by atoms with Crippen molar-refractivity contribution < 1.29 is 19.1 Å². The van der Waals surface area contributed by atoms with Crippen molar-refractivity contribution >= 4 is 57.9 Å². The Kier molecular flexibility index (Phi) is 7.39. The lowest BCUT2D eigenvalue weighted by Gasteiger charge is -2.28. The number of amidine groups is 1. The average Bonchev–Trinajstić information content (AvgIpc) is 3.49. The van der Waals surface area contributed by atoms with Crippen molar-refractivity contribution in [3.05, 3.63) is 75.8 Å². The van der Waals surface area contributed by atoms with Gasteiger partial charge in [-0.15, -0.1) is 0 Å². The smallest absolute Gasteiger partial charge is 0.337 e. The van der Waals surface area contributed by atoms with Crippen LogP contribution in [0.5, 0.6) is 0 Å². The van der Waals surface area contributed by atoms with Crippen LogP contribution in [0.15, 0.2) is 68.9 Å². The standard InChI is InChI=1S/C28H26ClN3O4S/c1-2-32-26(33)25(17-21-11-13-24(36-21)18-6-12-23(29)22(16-18)27(34)35)37-28(32)30-19-7-9-20(10-8-19)31-14-4-3-5-15-31/h6-13,16-17H,2-5,14-15H2,1H3,(H,34,35)/b25-17+,30-28?. The normalized spacial score (nSPS) is 18.3. The van der Waals surface area contributed by atoms with Crippen molar-refractivity contribution in [2.24, 2.45) is 4.99 Å². The molecule has 1 amide bonds. The highest BCUT2D eigenvalue weighted by atomic mass is 35.5. The summed E-state index contributed by atoms with van der Waals surface area (Å²) in [5.74, 6) is -0.271. The number of hydrogen-bond acceptors (Lipinski definition) is 6. The van der Waals surface area contributed by atoms with Crippen molar-refractivity contribution in [1.82, 2.24) is 4.90 Å². The topological polar surface area (TPSA) is 86.3 Å². The summed E-state index contributed by atoms with van der Waals surface area (Å²) < 4.78 is 5.91. The molecule has 190 valence electrons. The lowest BCUT2D eigenvalue weighted by atomic mass is 10.1. The summed E-state index contributed by atoms with van der Waals surface area (Å²) in [5.41, 5.74) is 2.59. The number of benzene rings is 2. The zero-order valence-electron chi connectivity index (χ0n) is 20.3. The first-order chi connectivity index (χ1) is 17.9. The van der Waals surface area contributed by atoms with Gasteiger partial charge in [-0.25, -0.2) is 9.79 Å². The van der Waals surface area contributed by atoms with E-state index in [4.69, 9.17) is 21.0 Å². The van der Waals surface area contributed by atoms with Gasteiger partial charge in [0.15, 0.2) is 5.17 Å². The highest BCUT2D eigenvalue weighted by Crippen LogP contribution is 2.35. The van der Waals surface area contributed by atoms with Crippen LogP contribution in [0.3, 0.4) is 0 Å². The van der Waals surface area contributed by atoms with Crippen molar-refractivity contribution in [3.8, 4) is 11.3 Å². The number of furan rings is 1. The van der Waals surface area contributed by atoms with Crippen molar-refractivity contribution in [1.29, 1.82) is 0 Å². The molecule has 9 heteroatoms. The van der Waals surface area contributed by atoms with Crippen LogP contribution in [0.25, 0.3) is 17.4 Å². The van der Waals surface area contributed by atoms with Crippen LogP contribution in [0.4, 0.5) is 11.4 Å². The Morgan fingerprint density at radius 1 is 1.11 bits per heavy atom. The van der Waals surface area contributed by atoms with Crippen molar-refractivity contribution in [2.45, 2.75) is 26.2 Å². The second-order valence-corrected chi connectivity index (χ2v) is 10.2. The third-order valence-electron chi connectivity index (χ3n) is 6.38. The molecule has 3 aromatic rings. The molecule has 0 atom stereocenters. The van der Waals surface area contributed by atoms with Gasteiger partial charge in [0.25, 0.3) is 5.91 Å². The number of likely N-dealkylation sites (N-methyl/N-ethyl adjacent to an activating group) is 1. The summed E-state index contributed by atoms with van der Waals surface area (Å²) >= 11 is 7.29. The van der Waals surface area contributed by atoms with E-state index in [0.717, 1.165) is 18.8 Å². The minimum Gasteiger partial charge on any atom is -0.478 e. The first-order valence-electron chi connectivity index (χ1n) is 12.2. The van der Waals surface area contributed by atoms with Crippen LogP contribution in [0.2, 0.25) is 5.02 Å². The molecule has 2 saturated heterocycles. The molecular formula is C28H26ClN3O4S. The number of aromatic carboxylic acids is 1. The van der Waals surface area contributed by atoms with E-state index in [0.29, 0.717) is 33.7 Å². The fourth-order valence-electron chi connectivity index (χ4n) is 4.43. The minimum atomic E-state index is -1.11. The molecule has 2 fully saturated rings. The average molecular weight is 536 g/mol. The summed E-state index contributed by atoms with van der Waals surface area (Å²) in [6.45, 7) is 4.59. The maximum Gasteiger partial charge on any atom is 0.337 e. The minimum absolute atomic E-state index is 0.000370. The van der Waals surface area contributed by atoms with Crippen LogP contribution in [-0.4, -0.2) is 46.7 Å². The number of carboxylic acids is 1. The Morgan fingerprint density at radius 3 is 2.57 bits per heavy atom. The molecule has 2 aliphatic heterocycles. The Hall–Kier alpha value is -3.49. The number of carbonyl (C=O) groups excluding carboxylic acids is 1. The number of carbonyl (C=O) groups is 2. The van der Waals surface area contributed by atoms with Gasteiger partial charge in [0.2, 0.25) is 0 Å². The van der Waals surface area contributed by atoms with Gasteiger partial charge in [-0.2, -0.15) is 0 Å². The summed E-state index contributed by atoms with van der Waals surface area (Å²) in [6.07, 6.45) is 5.44. The van der Waals surface area contributed by atoms with Crippen molar-refractivity contribution in [2.75, 3.05) is 24.5 Å². The third kappa shape index (κ3) is 5.45. The Balaban J connectivity index is 1.35. The fourth-order valence-corrected chi connectivity index (χ4v) is 5.67. The first kappa shape index (κ1) is 25.2. The van der Waals surface area contributed by atoms with E-state index in [1.54, 1.807) is 29.2 Å². The molecule has 3 heterocycles. The first-order valence-corrected chi connectivity index (χ1v) is 13.4. The summed E-state index contributed by atoms with van der Waals surface area (Å²) in [7, 11) is 0. The van der Waals surface area contributed by atoms with Gasteiger partial charge in [0, 0.05) is 37.0 Å². The molecular weight excluding hydrogens is 510 g/mol. The number of anilines is 1. The maximum atomic E-state index is 13.1. The van der Waals surface area contributed by atoms with Crippen LogP contribution >= 0.6 is 23.4 Å². The predicted molar refractivity (Wildman–Crippen MR) is 149 cm³/mol. The van der Waals surface area contributed by atoms with Crippen LogP contribution in [0, 0.1) is 0 Å². The van der Waals surface area contributed by atoms with Crippen LogP contribution in [0.1, 0.15) is 42.3 Å². The number of thioether (sulfide) groups is 1. The fraction of sp³-hybridized carbons (Fsp3) is 0.250. The summed E-state index contributed by atoms with van der Waals surface area (Å²) in [5, 5.41) is 10.1. The largest absolute Gasteiger partial charge is 0.478 e. The summed E-state index contributed by atoms with van der Waals surface area (Å²) in [6, 6.07) is 16.3. The monoisotopic (exact) mass is 535 g/mol. The van der Waals surface area contributed by atoms with Gasteiger partial charge in [-0.05, 0) is 92.5 Å². The number of rotatable bonds is 6. The van der Waals surface area contributed by atoms with Gasteiger partial charge in [0.1, 0.15) is 11.5 Å². The molecule has 0 saturated carbocycles. The number of nitrogens with zero attached hydrogens (tertiary/aromatic N) is 3. The highest BCUT2D eigenvalue weighted by molar-refractivity contribution is 8.18. The van der Waals surface area contributed by atoms with Crippen LogP contribution < -0.4 is 4.90 Å². The molecule has 2 aromatic carbocycles. The molecule has 0 spiro atoms. The zero-order valence-corrected chi connectivity index (χ0v) is 21.9. The molecule has 0 bridgehead atoms. The van der Waals surface area contributed by atoms with E-state index < -0.39 is 5.97 Å². The number of carboxylic acid groups (broad SMARTS) is 1. The SMILES string of the molecule is CCN1C(=O)/C(=C\c2ccc(-c3ccc(Cl)c(C(=O)O)c3)o2)SC1=Nc1ccc(N2CCCCC2)cc1. The zero-order chi connectivity index (χ0) is 25.9. The molecule has 1 N–H and O–H groups in total. The van der Waals surface area contributed by atoms with Gasteiger partial charge in [-0.3, -0.25) is 9.69 Å². The molecule has 5 rings (SSSR count). The predicted octanol–water partition coefficient (Wildman–Crippen LogP) is 6.91. The second-order valence-electron chi connectivity index (χ2n) is 8.82. The highest BCUT2D eigenvalue weighted by Gasteiger charge is 2.32. The third-order valence-corrected chi connectivity index (χ3v) is 7.72. The maximum absolute atomic E-state index is 13.1. The number of aliphatic imine (C=N–C) groups is 1. The van der Waals surface area contributed by atoms with E-state index in [9.17, 15) is 14.7 Å². The van der Waals surface area contributed by atoms with E-state index in [-0.39, 0.29) is 16.5 Å². The van der Waals surface area contributed by atoms with E-state index in [1.807, 2.05) is 19.1 Å². The van der Waals surface area contributed by atoms with Gasteiger partial charge in [-0.1, -0.05) is 11.6 Å². The quantitative estimate of drug-likeness (QED) is 0.345. The molecule has 7 nitrogen and oxygen atoms in total. The lowest BCUT2D eigenvalue weighted by Crippen LogP contribution is -2.29. The Bertz CT molecular complexity index is 1390. The van der Waals surface area contributed by atoms with Crippen LogP contribution in [-0.2, 0) is 4.79 Å². The van der Waals surface area contributed by atoms with E-state index in [2.05, 4.69) is 17.0 Å². The van der Waals surface area contributed by atoms with Gasteiger partial charge in [0.05, 0.1) is 21.2 Å². The number of halogens is 1. The van der Waals surface area contributed by atoms with Gasteiger partial charge >= 0.3 is 5.97 Å². The van der Waals surface area contributed by atoms with E-state index >= 15 is 0 Å². The Morgan fingerprint density at radius 2 is 1.86 bits per heavy atom. The molecule has 1 aromatic heterocycles. The number of hydrogen-bond donors (Lipinski definition) is 1. The van der Waals surface area contributed by atoms with Crippen molar-refractivity contribution in [3.63, 3.8) is 0 Å².